The Morgan fingerprint density at radius 2 is 1.69 bits per heavy atom. The van der Waals surface area contributed by atoms with Gasteiger partial charge in [-0.2, -0.15) is 0 Å². The van der Waals surface area contributed by atoms with Crippen molar-refractivity contribution < 1.29 is 9.59 Å². The van der Waals surface area contributed by atoms with Crippen LogP contribution in [0.25, 0.3) is 0 Å². The highest BCUT2D eigenvalue weighted by Gasteiger charge is 2.45. The van der Waals surface area contributed by atoms with E-state index in [1.165, 1.54) is 0 Å². The Balaban J connectivity index is 1.57. The first-order valence-corrected chi connectivity index (χ1v) is 9.44. The molecule has 0 aromatic heterocycles. The highest BCUT2D eigenvalue weighted by molar-refractivity contribution is 6.30. The average Bonchev–Trinajstić information content (AvgIpc) is 3.40. The SMILES string of the molecule is O=C(NC1CC1)c1ccccc1NC(=O)C1(c2ccc(Cl)cc2)CCC1. The fourth-order valence-electron chi connectivity index (χ4n) is 3.47. The van der Waals surface area contributed by atoms with Gasteiger partial charge in [-0.3, -0.25) is 9.59 Å². The van der Waals surface area contributed by atoms with Crippen LogP contribution in [-0.4, -0.2) is 17.9 Å². The maximum atomic E-state index is 13.1. The summed E-state index contributed by atoms with van der Waals surface area (Å²) < 4.78 is 0. The fraction of sp³-hybridized carbons (Fsp3) is 0.333. The summed E-state index contributed by atoms with van der Waals surface area (Å²) in [6.07, 6.45) is 4.67. The zero-order valence-corrected chi connectivity index (χ0v) is 15.2. The van der Waals surface area contributed by atoms with Crippen molar-refractivity contribution >= 4 is 29.1 Å². The number of hydrogen-bond donors (Lipinski definition) is 2. The van der Waals surface area contributed by atoms with Crippen molar-refractivity contribution in [2.45, 2.75) is 43.6 Å². The van der Waals surface area contributed by atoms with Crippen molar-refractivity contribution in [3.63, 3.8) is 0 Å². The fourth-order valence-corrected chi connectivity index (χ4v) is 3.59. The Morgan fingerprint density at radius 3 is 2.31 bits per heavy atom. The molecule has 0 saturated heterocycles. The molecule has 2 aromatic rings. The van der Waals surface area contributed by atoms with Gasteiger partial charge in [-0.1, -0.05) is 42.3 Å². The lowest BCUT2D eigenvalue weighted by atomic mass is 9.64. The molecule has 0 bridgehead atoms. The van der Waals surface area contributed by atoms with E-state index in [1.54, 1.807) is 12.1 Å². The van der Waals surface area contributed by atoms with Crippen LogP contribution >= 0.6 is 11.6 Å². The normalized spacial score (nSPS) is 17.9. The van der Waals surface area contributed by atoms with E-state index >= 15 is 0 Å². The third-order valence-electron chi connectivity index (χ3n) is 5.37. The minimum Gasteiger partial charge on any atom is -0.349 e. The van der Waals surface area contributed by atoms with Crippen molar-refractivity contribution in [2.24, 2.45) is 0 Å². The lowest BCUT2D eigenvalue weighted by Gasteiger charge is -2.40. The maximum absolute atomic E-state index is 13.1. The molecule has 0 atom stereocenters. The summed E-state index contributed by atoms with van der Waals surface area (Å²) in [5.74, 6) is -0.185. The summed E-state index contributed by atoms with van der Waals surface area (Å²) in [5.41, 5.74) is 1.52. The van der Waals surface area contributed by atoms with E-state index in [4.69, 9.17) is 11.6 Å². The van der Waals surface area contributed by atoms with Gasteiger partial charge in [-0.15, -0.1) is 0 Å². The number of para-hydroxylation sites is 1. The lowest BCUT2D eigenvalue weighted by molar-refractivity contribution is -0.124. The zero-order chi connectivity index (χ0) is 18.1. The average molecular weight is 369 g/mol. The molecule has 2 aromatic carbocycles. The number of carbonyl (C=O) groups excluding carboxylic acids is 2. The Hall–Kier alpha value is -2.33. The number of halogens is 1. The van der Waals surface area contributed by atoms with Crippen LogP contribution in [0.2, 0.25) is 5.02 Å². The Morgan fingerprint density at radius 1 is 1.00 bits per heavy atom. The number of anilines is 1. The number of carbonyl (C=O) groups is 2. The van der Waals surface area contributed by atoms with Crippen molar-refractivity contribution in [3.05, 3.63) is 64.7 Å². The molecule has 5 heteroatoms. The molecular formula is C21H21ClN2O2. The standard InChI is InChI=1S/C21H21ClN2O2/c22-15-8-6-14(7-9-15)21(12-3-13-21)20(26)24-18-5-2-1-4-17(18)19(25)23-16-10-11-16/h1-2,4-9,16H,3,10-13H2,(H,23,25)(H,24,26). The molecule has 0 radical (unpaired) electrons. The number of amides is 2. The highest BCUT2D eigenvalue weighted by atomic mass is 35.5. The van der Waals surface area contributed by atoms with Gasteiger partial charge in [0.15, 0.2) is 0 Å². The van der Waals surface area contributed by atoms with E-state index in [1.807, 2.05) is 36.4 Å². The van der Waals surface area contributed by atoms with Gasteiger partial charge >= 0.3 is 0 Å². The molecule has 2 saturated carbocycles. The van der Waals surface area contributed by atoms with Crippen LogP contribution < -0.4 is 10.6 Å². The van der Waals surface area contributed by atoms with Crippen LogP contribution in [0.3, 0.4) is 0 Å². The Labute approximate surface area is 157 Å². The van der Waals surface area contributed by atoms with Crippen molar-refractivity contribution in [1.29, 1.82) is 0 Å². The number of benzene rings is 2. The molecule has 0 aliphatic heterocycles. The van der Waals surface area contributed by atoms with E-state index in [0.29, 0.717) is 16.3 Å². The number of nitrogens with one attached hydrogen (secondary N) is 2. The van der Waals surface area contributed by atoms with Crippen LogP contribution in [0.1, 0.15) is 48.0 Å². The maximum Gasteiger partial charge on any atom is 0.253 e. The highest BCUT2D eigenvalue weighted by Crippen LogP contribution is 2.45. The minimum absolute atomic E-state index is 0.0576. The second-order valence-electron chi connectivity index (χ2n) is 7.19. The molecule has 0 spiro atoms. The van der Waals surface area contributed by atoms with Crippen LogP contribution in [0.4, 0.5) is 5.69 Å². The summed E-state index contributed by atoms with van der Waals surface area (Å²) in [6, 6.07) is 15.0. The topological polar surface area (TPSA) is 58.2 Å². The largest absolute Gasteiger partial charge is 0.349 e. The van der Waals surface area contributed by atoms with Crippen molar-refractivity contribution in [2.75, 3.05) is 5.32 Å². The van der Waals surface area contributed by atoms with Gasteiger partial charge in [0.05, 0.1) is 16.7 Å². The van der Waals surface area contributed by atoms with Gasteiger partial charge in [-0.05, 0) is 55.5 Å². The molecule has 4 nitrogen and oxygen atoms in total. The predicted octanol–water partition coefficient (Wildman–Crippen LogP) is 4.29. The van der Waals surface area contributed by atoms with Gasteiger partial charge in [0.2, 0.25) is 5.91 Å². The van der Waals surface area contributed by atoms with Crippen LogP contribution in [0.5, 0.6) is 0 Å². The molecule has 134 valence electrons. The summed E-state index contributed by atoms with van der Waals surface area (Å²) in [5, 5.41) is 6.65. The van der Waals surface area contributed by atoms with E-state index in [9.17, 15) is 9.59 Å². The first-order chi connectivity index (χ1) is 12.6. The smallest absolute Gasteiger partial charge is 0.253 e. The molecule has 0 unspecified atom stereocenters. The molecule has 2 aliphatic rings. The Bertz CT molecular complexity index is 839. The van der Waals surface area contributed by atoms with Gasteiger partial charge in [0, 0.05) is 11.1 Å². The third-order valence-corrected chi connectivity index (χ3v) is 5.62. The van der Waals surface area contributed by atoms with Gasteiger partial charge in [-0.25, -0.2) is 0 Å². The summed E-state index contributed by atoms with van der Waals surface area (Å²) in [4.78, 5) is 25.6. The minimum atomic E-state index is -0.537. The second-order valence-corrected chi connectivity index (χ2v) is 7.63. The monoisotopic (exact) mass is 368 g/mol. The Kier molecular flexibility index (Phi) is 4.45. The van der Waals surface area contributed by atoms with Crippen LogP contribution in [0, 0.1) is 0 Å². The van der Waals surface area contributed by atoms with Crippen LogP contribution in [-0.2, 0) is 10.2 Å². The molecule has 4 rings (SSSR count). The molecular weight excluding hydrogens is 348 g/mol. The van der Waals surface area contributed by atoms with Gasteiger partial charge in [0.1, 0.15) is 0 Å². The molecule has 2 aliphatic carbocycles. The van der Waals surface area contributed by atoms with Gasteiger partial charge in [0.25, 0.3) is 5.91 Å². The lowest BCUT2D eigenvalue weighted by Crippen LogP contribution is -2.46. The molecule has 2 N–H and O–H groups in total. The van der Waals surface area contributed by atoms with Gasteiger partial charge < -0.3 is 10.6 Å². The van der Waals surface area contributed by atoms with E-state index in [0.717, 1.165) is 37.7 Å². The summed E-state index contributed by atoms with van der Waals surface area (Å²) in [6.45, 7) is 0. The van der Waals surface area contributed by atoms with E-state index in [2.05, 4.69) is 10.6 Å². The zero-order valence-electron chi connectivity index (χ0n) is 14.4. The third kappa shape index (κ3) is 3.21. The van der Waals surface area contributed by atoms with Crippen LogP contribution in [0.15, 0.2) is 48.5 Å². The predicted molar refractivity (Wildman–Crippen MR) is 103 cm³/mol. The second kappa shape index (κ2) is 6.76. The van der Waals surface area contributed by atoms with E-state index < -0.39 is 5.41 Å². The number of rotatable bonds is 5. The summed E-state index contributed by atoms with van der Waals surface area (Å²) in [7, 11) is 0. The first-order valence-electron chi connectivity index (χ1n) is 9.06. The number of hydrogen-bond acceptors (Lipinski definition) is 2. The van der Waals surface area contributed by atoms with Crippen molar-refractivity contribution in [3.8, 4) is 0 Å². The van der Waals surface area contributed by atoms with E-state index in [-0.39, 0.29) is 17.9 Å². The first kappa shape index (κ1) is 17.1. The molecule has 26 heavy (non-hydrogen) atoms. The summed E-state index contributed by atoms with van der Waals surface area (Å²) >= 11 is 5.99. The molecule has 0 heterocycles. The van der Waals surface area contributed by atoms with Crippen molar-refractivity contribution in [1.82, 2.24) is 5.32 Å². The quantitative estimate of drug-likeness (QED) is 0.827. The molecule has 2 amide bonds. The molecule has 2 fully saturated rings.